The van der Waals surface area contributed by atoms with Crippen LogP contribution in [0.15, 0.2) is 67.3 Å². The van der Waals surface area contributed by atoms with Crippen LogP contribution < -0.4 is 10.1 Å². The SMILES string of the molecule is COc1ccc(CNc2nc(-c3ccncc3)nc3sc4c(c23)CCN(C(=O)c2ccncc2)C4)cc1Cl. The molecule has 5 aromatic rings. The largest absolute Gasteiger partial charge is 0.495 e. The molecule has 10 heteroatoms. The lowest BCUT2D eigenvalue weighted by Gasteiger charge is -2.27. The molecule has 1 aromatic carbocycles. The highest BCUT2D eigenvalue weighted by molar-refractivity contribution is 7.19. The number of thiophene rings is 1. The van der Waals surface area contributed by atoms with Crippen LogP contribution in [0.5, 0.6) is 5.75 Å². The number of halogens is 1. The molecule has 1 amide bonds. The van der Waals surface area contributed by atoms with Crippen LogP contribution in [0.4, 0.5) is 5.82 Å². The zero-order valence-electron chi connectivity index (χ0n) is 20.5. The van der Waals surface area contributed by atoms with Crippen LogP contribution in [0.2, 0.25) is 5.02 Å². The molecule has 0 unspecified atom stereocenters. The van der Waals surface area contributed by atoms with Gasteiger partial charge in [0.15, 0.2) is 5.82 Å². The summed E-state index contributed by atoms with van der Waals surface area (Å²) in [6.07, 6.45) is 7.49. The van der Waals surface area contributed by atoms with Crippen LogP contribution >= 0.6 is 22.9 Å². The van der Waals surface area contributed by atoms with Crippen LogP contribution in [-0.4, -0.2) is 44.4 Å². The second kappa shape index (κ2) is 10.4. The Morgan fingerprint density at radius 1 is 1.08 bits per heavy atom. The molecule has 0 spiro atoms. The quantitative estimate of drug-likeness (QED) is 0.297. The minimum absolute atomic E-state index is 0.00815. The first-order chi connectivity index (χ1) is 18.6. The van der Waals surface area contributed by atoms with Gasteiger partial charge in [-0.2, -0.15) is 0 Å². The predicted molar refractivity (Wildman–Crippen MR) is 149 cm³/mol. The molecule has 0 aliphatic carbocycles. The number of fused-ring (bicyclic) bond motifs is 3. The molecular weight excluding hydrogens is 520 g/mol. The molecule has 0 bridgehead atoms. The molecule has 5 heterocycles. The van der Waals surface area contributed by atoms with Gasteiger partial charge in [0.1, 0.15) is 16.4 Å². The van der Waals surface area contributed by atoms with Crippen molar-refractivity contribution in [1.82, 2.24) is 24.8 Å². The number of anilines is 1. The van der Waals surface area contributed by atoms with Crippen LogP contribution in [-0.2, 0) is 19.5 Å². The average molecular weight is 543 g/mol. The summed E-state index contributed by atoms with van der Waals surface area (Å²) >= 11 is 7.97. The predicted octanol–water partition coefficient (Wildman–Crippen LogP) is 5.62. The number of nitrogens with zero attached hydrogens (tertiary/aromatic N) is 5. The van der Waals surface area contributed by atoms with E-state index in [1.54, 1.807) is 55.4 Å². The number of aromatic nitrogens is 4. The second-order valence-electron chi connectivity index (χ2n) is 8.85. The Morgan fingerprint density at radius 3 is 2.58 bits per heavy atom. The summed E-state index contributed by atoms with van der Waals surface area (Å²) in [6, 6.07) is 13.0. The standard InChI is InChI=1S/C28H23ClN6O2S/c1-37-22-3-2-17(14-21(22)29)15-32-26-24-20-8-13-35(28(36)19-6-11-31-12-7-19)16-23(20)38-27(24)34-25(33-26)18-4-9-30-10-5-18/h2-7,9-12,14H,8,13,15-16H2,1H3,(H,32,33,34). The van der Waals surface area contributed by atoms with Crippen molar-refractivity contribution in [2.75, 3.05) is 19.0 Å². The lowest BCUT2D eigenvalue weighted by molar-refractivity contribution is 0.0737. The number of hydrogen-bond donors (Lipinski definition) is 1. The summed E-state index contributed by atoms with van der Waals surface area (Å²) in [5, 5.41) is 5.10. The average Bonchev–Trinajstić information content (AvgIpc) is 3.34. The van der Waals surface area contributed by atoms with E-state index in [2.05, 4.69) is 15.3 Å². The molecule has 0 saturated heterocycles. The number of nitrogens with one attached hydrogen (secondary N) is 1. The third-order valence-corrected chi connectivity index (χ3v) is 7.94. The number of hydrogen-bond acceptors (Lipinski definition) is 8. The number of methoxy groups -OCH3 is 1. The molecule has 8 nitrogen and oxygen atoms in total. The fraction of sp³-hybridized carbons (Fsp3) is 0.179. The number of rotatable bonds is 6. The molecule has 0 fully saturated rings. The monoisotopic (exact) mass is 542 g/mol. The van der Waals surface area contributed by atoms with E-state index in [1.165, 1.54) is 5.56 Å². The molecule has 6 rings (SSSR count). The van der Waals surface area contributed by atoms with Crippen molar-refractivity contribution in [3.8, 4) is 17.1 Å². The summed E-state index contributed by atoms with van der Waals surface area (Å²) in [6.45, 7) is 1.69. The maximum absolute atomic E-state index is 13.1. The van der Waals surface area contributed by atoms with E-state index < -0.39 is 0 Å². The minimum atomic E-state index is 0.00815. The van der Waals surface area contributed by atoms with Gasteiger partial charge in [-0.3, -0.25) is 14.8 Å². The van der Waals surface area contributed by atoms with Crippen molar-refractivity contribution in [1.29, 1.82) is 0 Å². The highest BCUT2D eigenvalue weighted by Gasteiger charge is 2.27. The minimum Gasteiger partial charge on any atom is -0.495 e. The second-order valence-corrected chi connectivity index (χ2v) is 10.3. The lowest BCUT2D eigenvalue weighted by atomic mass is 10.0. The van der Waals surface area contributed by atoms with Crippen molar-refractivity contribution >= 4 is 44.9 Å². The van der Waals surface area contributed by atoms with Gasteiger partial charge in [-0.25, -0.2) is 9.97 Å². The Morgan fingerprint density at radius 2 is 1.84 bits per heavy atom. The Hall–Kier alpha value is -4.08. The van der Waals surface area contributed by atoms with E-state index in [1.807, 2.05) is 35.2 Å². The Bertz CT molecular complexity index is 1630. The molecular formula is C28H23ClN6O2S. The van der Waals surface area contributed by atoms with Gasteiger partial charge in [0.2, 0.25) is 0 Å². The van der Waals surface area contributed by atoms with Crippen LogP contribution in [0.3, 0.4) is 0 Å². The summed E-state index contributed by atoms with van der Waals surface area (Å²) in [5.41, 5.74) is 3.73. The summed E-state index contributed by atoms with van der Waals surface area (Å²) in [4.78, 5) is 35.0. The van der Waals surface area contributed by atoms with Gasteiger partial charge in [-0.15, -0.1) is 11.3 Å². The molecule has 0 atom stereocenters. The van der Waals surface area contributed by atoms with Crippen molar-refractivity contribution in [3.05, 3.63) is 93.8 Å². The number of benzene rings is 1. The Balaban J connectivity index is 1.37. The summed E-state index contributed by atoms with van der Waals surface area (Å²) < 4.78 is 5.28. The maximum Gasteiger partial charge on any atom is 0.254 e. The number of carbonyl (C=O) groups excluding carboxylic acids is 1. The zero-order valence-corrected chi connectivity index (χ0v) is 22.1. The molecule has 1 N–H and O–H groups in total. The fourth-order valence-electron chi connectivity index (χ4n) is 4.61. The normalized spacial score (nSPS) is 12.8. The van der Waals surface area contributed by atoms with Gasteiger partial charge in [0.05, 0.1) is 24.1 Å². The van der Waals surface area contributed by atoms with Gasteiger partial charge in [0.25, 0.3) is 5.91 Å². The summed E-state index contributed by atoms with van der Waals surface area (Å²) in [7, 11) is 1.60. The topological polar surface area (TPSA) is 93.1 Å². The number of carbonyl (C=O) groups is 1. The molecule has 0 saturated carbocycles. The molecule has 190 valence electrons. The van der Waals surface area contributed by atoms with Crippen LogP contribution in [0.1, 0.15) is 26.4 Å². The van der Waals surface area contributed by atoms with Crippen molar-refractivity contribution in [3.63, 3.8) is 0 Å². The highest BCUT2D eigenvalue weighted by atomic mass is 35.5. The van der Waals surface area contributed by atoms with E-state index in [4.69, 9.17) is 26.3 Å². The molecule has 1 aliphatic rings. The number of ether oxygens (including phenoxy) is 1. The van der Waals surface area contributed by atoms with E-state index >= 15 is 0 Å². The zero-order chi connectivity index (χ0) is 26.1. The van der Waals surface area contributed by atoms with Crippen LogP contribution in [0.25, 0.3) is 21.6 Å². The van der Waals surface area contributed by atoms with Gasteiger partial charge in [0, 0.05) is 53.9 Å². The fourth-order valence-corrected chi connectivity index (χ4v) is 6.12. The number of amides is 1. The van der Waals surface area contributed by atoms with Crippen molar-refractivity contribution in [2.24, 2.45) is 0 Å². The summed E-state index contributed by atoms with van der Waals surface area (Å²) in [5.74, 6) is 2.03. The number of pyridine rings is 2. The third-order valence-electron chi connectivity index (χ3n) is 6.53. The van der Waals surface area contributed by atoms with Gasteiger partial charge in [-0.1, -0.05) is 17.7 Å². The molecule has 38 heavy (non-hydrogen) atoms. The molecule has 1 aliphatic heterocycles. The van der Waals surface area contributed by atoms with E-state index in [-0.39, 0.29) is 5.91 Å². The van der Waals surface area contributed by atoms with Crippen molar-refractivity contribution < 1.29 is 9.53 Å². The Kier molecular flexibility index (Phi) is 6.61. The molecule has 0 radical (unpaired) electrons. The van der Waals surface area contributed by atoms with E-state index in [9.17, 15) is 4.79 Å². The van der Waals surface area contributed by atoms with Crippen LogP contribution in [0, 0.1) is 0 Å². The Labute approximate surface area is 228 Å². The van der Waals surface area contributed by atoms with Gasteiger partial charge in [-0.05, 0) is 53.9 Å². The van der Waals surface area contributed by atoms with E-state index in [0.29, 0.717) is 41.8 Å². The third kappa shape index (κ3) is 4.66. The molecule has 4 aromatic heterocycles. The lowest BCUT2D eigenvalue weighted by Crippen LogP contribution is -2.35. The highest BCUT2D eigenvalue weighted by Crippen LogP contribution is 2.39. The van der Waals surface area contributed by atoms with Gasteiger partial charge >= 0.3 is 0 Å². The smallest absolute Gasteiger partial charge is 0.254 e. The first kappa shape index (κ1) is 24.3. The first-order valence-corrected chi connectivity index (χ1v) is 13.3. The van der Waals surface area contributed by atoms with Gasteiger partial charge < -0.3 is 15.0 Å². The maximum atomic E-state index is 13.1. The first-order valence-electron chi connectivity index (χ1n) is 12.1. The van der Waals surface area contributed by atoms with E-state index in [0.717, 1.165) is 38.5 Å². The van der Waals surface area contributed by atoms with Crippen molar-refractivity contribution in [2.45, 2.75) is 19.5 Å².